The molecule has 0 saturated carbocycles. The smallest absolute Gasteiger partial charge is 0.377 e. The van der Waals surface area contributed by atoms with E-state index in [4.69, 9.17) is 16.3 Å². The summed E-state index contributed by atoms with van der Waals surface area (Å²) in [4.78, 5) is 24.4. The summed E-state index contributed by atoms with van der Waals surface area (Å²) in [6.45, 7) is 3.17. The van der Waals surface area contributed by atoms with Crippen LogP contribution < -0.4 is 15.4 Å². The van der Waals surface area contributed by atoms with Gasteiger partial charge in [-0.3, -0.25) is 14.3 Å². The minimum absolute atomic E-state index is 0.00140. The van der Waals surface area contributed by atoms with Gasteiger partial charge in [0.1, 0.15) is 11.9 Å². The van der Waals surface area contributed by atoms with E-state index in [2.05, 4.69) is 9.97 Å². The van der Waals surface area contributed by atoms with Crippen LogP contribution in [0.3, 0.4) is 0 Å². The van der Waals surface area contributed by atoms with Gasteiger partial charge in [0.2, 0.25) is 5.95 Å². The Morgan fingerprint density at radius 3 is 2.77 bits per heavy atom. The van der Waals surface area contributed by atoms with Crippen LogP contribution in [0.5, 0.6) is 0 Å². The number of hydrogen-bond acceptors (Lipinski definition) is 6. The fourth-order valence-electron chi connectivity index (χ4n) is 3.87. The van der Waals surface area contributed by atoms with E-state index in [1.807, 2.05) is 11.8 Å². The number of aromatic nitrogens is 3. The molecule has 2 aromatic heterocycles. The molecular formula is C19H21ClF3N5O2. The molecule has 0 N–H and O–H groups in total. The van der Waals surface area contributed by atoms with Crippen LogP contribution in [-0.4, -0.2) is 52.6 Å². The highest BCUT2D eigenvalue weighted by molar-refractivity contribution is 6.30. The van der Waals surface area contributed by atoms with E-state index in [0.29, 0.717) is 36.3 Å². The Labute approximate surface area is 176 Å². The summed E-state index contributed by atoms with van der Waals surface area (Å²) in [6, 6.07) is 2.72. The summed E-state index contributed by atoms with van der Waals surface area (Å²) < 4.78 is 48.2. The van der Waals surface area contributed by atoms with Crippen molar-refractivity contribution >= 4 is 23.4 Å². The minimum atomic E-state index is -4.47. The van der Waals surface area contributed by atoms with E-state index >= 15 is 0 Å². The van der Waals surface area contributed by atoms with Gasteiger partial charge in [-0.1, -0.05) is 11.6 Å². The molecule has 0 radical (unpaired) electrons. The van der Waals surface area contributed by atoms with Crippen molar-refractivity contribution in [3.8, 4) is 0 Å². The van der Waals surface area contributed by atoms with E-state index in [9.17, 15) is 18.0 Å². The molecule has 11 heteroatoms. The van der Waals surface area contributed by atoms with Crippen molar-refractivity contribution in [2.24, 2.45) is 0 Å². The normalized spacial score (nSPS) is 22.2. The van der Waals surface area contributed by atoms with Crippen LogP contribution in [0.1, 0.15) is 19.0 Å². The highest BCUT2D eigenvalue weighted by Crippen LogP contribution is 2.35. The molecule has 4 rings (SSSR count). The second-order valence-electron chi connectivity index (χ2n) is 7.46. The Kier molecular flexibility index (Phi) is 5.63. The van der Waals surface area contributed by atoms with Crippen LogP contribution in [0.15, 0.2) is 29.2 Å². The third kappa shape index (κ3) is 4.11. The Bertz CT molecular complexity index is 966. The Hall–Kier alpha value is -2.33. The van der Waals surface area contributed by atoms with Gasteiger partial charge in [0.05, 0.1) is 36.5 Å². The zero-order valence-electron chi connectivity index (χ0n) is 16.3. The molecule has 0 amide bonds. The predicted octanol–water partition coefficient (Wildman–Crippen LogP) is 2.86. The monoisotopic (exact) mass is 443 g/mol. The number of fused-ring (bicyclic) bond motifs is 1. The third-order valence-electron chi connectivity index (χ3n) is 5.39. The molecule has 2 aliphatic rings. The van der Waals surface area contributed by atoms with Gasteiger partial charge in [-0.2, -0.15) is 18.2 Å². The van der Waals surface area contributed by atoms with Crippen molar-refractivity contribution in [2.45, 2.75) is 44.7 Å². The minimum Gasteiger partial charge on any atom is -0.377 e. The zero-order valence-corrected chi connectivity index (χ0v) is 17.0. The first-order chi connectivity index (χ1) is 14.2. The van der Waals surface area contributed by atoms with Gasteiger partial charge < -0.3 is 14.5 Å². The molecule has 0 spiro atoms. The average molecular weight is 444 g/mol. The molecule has 2 atom stereocenters. The van der Waals surface area contributed by atoms with Gasteiger partial charge in [0, 0.05) is 25.4 Å². The Morgan fingerprint density at radius 2 is 2.10 bits per heavy atom. The maximum atomic E-state index is 13.8. The number of ether oxygens (including phenoxy) is 1. The van der Waals surface area contributed by atoms with Crippen molar-refractivity contribution in [3.05, 3.63) is 45.5 Å². The summed E-state index contributed by atoms with van der Waals surface area (Å²) in [5.41, 5.74) is 0.0323. The molecule has 30 heavy (non-hydrogen) atoms. The number of halogens is 4. The van der Waals surface area contributed by atoms with E-state index < -0.39 is 12.2 Å². The topological polar surface area (TPSA) is 63.5 Å². The number of pyridine rings is 1. The van der Waals surface area contributed by atoms with Crippen molar-refractivity contribution in [2.75, 3.05) is 29.6 Å². The maximum Gasteiger partial charge on any atom is 0.408 e. The third-order valence-corrected chi connectivity index (χ3v) is 5.62. The van der Waals surface area contributed by atoms with E-state index in [1.54, 1.807) is 12.1 Å². The number of nitrogens with zero attached hydrogens (tertiary/aromatic N) is 5. The van der Waals surface area contributed by atoms with Crippen LogP contribution in [0.2, 0.25) is 5.02 Å². The first-order valence-corrected chi connectivity index (χ1v) is 10.0. The summed E-state index contributed by atoms with van der Waals surface area (Å²) >= 11 is 5.85. The number of hydrogen-bond donors (Lipinski definition) is 0. The van der Waals surface area contributed by atoms with Crippen LogP contribution in [-0.2, 0) is 17.8 Å². The lowest BCUT2D eigenvalue weighted by Crippen LogP contribution is -2.52. The van der Waals surface area contributed by atoms with Crippen LogP contribution in [0.4, 0.5) is 24.9 Å². The second kappa shape index (κ2) is 8.07. The van der Waals surface area contributed by atoms with Crippen LogP contribution in [0, 0.1) is 0 Å². The van der Waals surface area contributed by atoms with Gasteiger partial charge >= 0.3 is 6.18 Å². The Morgan fingerprint density at radius 1 is 1.30 bits per heavy atom. The molecule has 7 nitrogen and oxygen atoms in total. The Balaban J connectivity index is 1.78. The molecule has 0 bridgehead atoms. The van der Waals surface area contributed by atoms with E-state index in [-0.39, 0.29) is 37.1 Å². The van der Waals surface area contributed by atoms with Gasteiger partial charge in [0.15, 0.2) is 0 Å². The van der Waals surface area contributed by atoms with E-state index in [1.165, 1.54) is 16.8 Å². The van der Waals surface area contributed by atoms with Crippen molar-refractivity contribution in [1.82, 2.24) is 14.5 Å². The predicted molar refractivity (Wildman–Crippen MR) is 106 cm³/mol. The standard InChI is InChI=1S/C19H21ClF3N5O2/c1-12-11-30-7-6-26(12)16-8-17(29)27-5-4-15(19(21,22)23)28(18(27)25-16)10-14-3-2-13(20)9-24-14/h2-3,8-9,12,15H,4-7,10-11H2,1H3/t12-,15?/m1/s1. The lowest BCUT2D eigenvalue weighted by molar-refractivity contribution is -0.153. The molecule has 2 aliphatic heterocycles. The molecule has 0 aromatic carbocycles. The lowest BCUT2D eigenvalue weighted by Gasteiger charge is -2.40. The quantitative estimate of drug-likeness (QED) is 0.727. The molecule has 162 valence electrons. The van der Waals surface area contributed by atoms with Crippen LogP contribution >= 0.6 is 11.6 Å². The van der Waals surface area contributed by atoms with Crippen molar-refractivity contribution < 1.29 is 17.9 Å². The number of morpholine rings is 1. The average Bonchev–Trinajstić information content (AvgIpc) is 2.69. The first kappa shape index (κ1) is 20.9. The highest BCUT2D eigenvalue weighted by Gasteiger charge is 2.47. The van der Waals surface area contributed by atoms with Gasteiger partial charge in [0.25, 0.3) is 5.56 Å². The first-order valence-electron chi connectivity index (χ1n) is 9.64. The highest BCUT2D eigenvalue weighted by atomic mass is 35.5. The molecule has 0 aliphatic carbocycles. The molecule has 1 saturated heterocycles. The number of rotatable bonds is 3. The molecular weight excluding hydrogens is 423 g/mol. The summed E-state index contributed by atoms with van der Waals surface area (Å²) in [7, 11) is 0. The largest absolute Gasteiger partial charge is 0.408 e. The summed E-state index contributed by atoms with van der Waals surface area (Å²) in [6.07, 6.45) is -3.33. The summed E-state index contributed by atoms with van der Waals surface area (Å²) in [5, 5.41) is 0.392. The molecule has 2 aromatic rings. The lowest BCUT2D eigenvalue weighted by atomic mass is 10.1. The van der Waals surface area contributed by atoms with Crippen molar-refractivity contribution in [1.29, 1.82) is 0 Å². The van der Waals surface area contributed by atoms with Gasteiger partial charge in [-0.05, 0) is 25.5 Å². The van der Waals surface area contributed by atoms with Crippen molar-refractivity contribution in [3.63, 3.8) is 0 Å². The molecule has 1 unspecified atom stereocenters. The zero-order chi connectivity index (χ0) is 21.5. The van der Waals surface area contributed by atoms with E-state index in [0.717, 1.165) is 4.90 Å². The molecule has 1 fully saturated rings. The maximum absolute atomic E-state index is 13.8. The number of anilines is 2. The SMILES string of the molecule is C[C@@H]1COCCN1c1cc(=O)n2c(n1)N(Cc1ccc(Cl)cn1)C(C(F)(F)F)CC2. The molecule has 4 heterocycles. The number of alkyl halides is 3. The van der Waals surface area contributed by atoms with Gasteiger partial charge in [-0.15, -0.1) is 0 Å². The van der Waals surface area contributed by atoms with Crippen LogP contribution in [0.25, 0.3) is 0 Å². The van der Waals surface area contributed by atoms with Gasteiger partial charge in [-0.25, -0.2) is 0 Å². The fraction of sp³-hybridized carbons (Fsp3) is 0.526. The summed E-state index contributed by atoms with van der Waals surface area (Å²) in [5.74, 6) is 0.362. The fourth-order valence-corrected chi connectivity index (χ4v) is 3.98. The second-order valence-corrected chi connectivity index (χ2v) is 7.90.